The molecule has 1 aromatic carbocycles. The van der Waals surface area contributed by atoms with E-state index in [2.05, 4.69) is 10.4 Å². The van der Waals surface area contributed by atoms with Gasteiger partial charge < -0.3 is 11.1 Å². The molecule has 2 aromatic heterocycles. The summed E-state index contributed by atoms with van der Waals surface area (Å²) in [7, 11) is 0. The summed E-state index contributed by atoms with van der Waals surface area (Å²) >= 11 is 1.39. The molecule has 0 radical (unpaired) electrons. The third-order valence-electron chi connectivity index (χ3n) is 4.91. The van der Waals surface area contributed by atoms with Gasteiger partial charge in [-0.25, -0.2) is 4.68 Å². The second kappa shape index (κ2) is 7.20. The Labute approximate surface area is 165 Å². The number of primary amides is 1. The van der Waals surface area contributed by atoms with Crippen LogP contribution in [-0.2, 0) is 19.4 Å². The highest BCUT2D eigenvalue weighted by Gasteiger charge is 2.27. The second-order valence-corrected chi connectivity index (χ2v) is 7.91. The van der Waals surface area contributed by atoms with Gasteiger partial charge >= 0.3 is 0 Å². The highest BCUT2D eigenvalue weighted by atomic mass is 32.1. The van der Waals surface area contributed by atoms with Crippen molar-refractivity contribution in [3.63, 3.8) is 0 Å². The molecule has 1 aliphatic carbocycles. The van der Waals surface area contributed by atoms with E-state index in [4.69, 9.17) is 5.73 Å². The van der Waals surface area contributed by atoms with E-state index in [1.54, 1.807) is 24.3 Å². The number of benzene rings is 1. The van der Waals surface area contributed by atoms with Crippen LogP contribution in [0.2, 0.25) is 0 Å². The average molecular weight is 396 g/mol. The molecule has 2 heterocycles. The summed E-state index contributed by atoms with van der Waals surface area (Å²) in [6.45, 7) is 2.36. The molecule has 144 valence electrons. The van der Waals surface area contributed by atoms with E-state index < -0.39 is 11.8 Å². The molecule has 0 bridgehead atoms. The van der Waals surface area contributed by atoms with Crippen molar-refractivity contribution in [2.45, 2.75) is 39.2 Å². The number of nitrogens with zero attached hydrogens (tertiary/aromatic N) is 2. The van der Waals surface area contributed by atoms with Gasteiger partial charge in [0.25, 0.3) is 17.4 Å². The first-order valence-electron chi connectivity index (χ1n) is 9.26. The first-order valence-corrected chi connectivity index (χ1v) is 10.1. The highest BCUT2D eigenvalue weighted by Crippen LogP contribution is 2.39. The van der Waals surface area contributed by atoms with Gasteiger partial charge in [-0.2, -0.15) is 5.10 Å². The number of fused-ring (bicyclic) bond motifs is 2. The Hall–Kier alpha value is -3.00. The summed E-state index contributed by atoms with van der Waals surface area (Å²) in [4.78, 5) is 38.7. The SMILES string of the molecule is CCCn1nc(C(=O)Nc2sc3c(c2C(N)=O)CCC3)c2ccccc2c1=O. The summed E-state index contributed by atoms with van der Waals surface area (Å²) in [5.41, 5.74) is 6.86. The Morgan fingerprint density at radius 2 is 2.00 bits per heavy atom. The van der Waals surface area contributed by atoms with Crippen molar-refractivity contribution in [1.29, 1.82) is 0 Å². The van der Waals surface area contributed by atoms with Gasteiger partial charge in [-0.05, 0) is 37.3 Å². The van der Waals surface area contributed by atoms with Gasteiger partial charge in [0.15, 0.2) is 5.69 Å². The van der Waals surface area contributed by atoms with E-state index in [9.17, 15) is 14.4 Å². The molecule has 1 aliphatic rings. The zero-order chi connectivity index (χ0) is 19.8. The maximum absolute atomic E-state index is 13.1. The molecule has 2 amide bonds. The minimum Gasteiger partial charge on any atom is -0.365 e. The molecule has 28 heavy (non-hydrogen) atoms. The van der Waals surface area contributed by atoms with Crippen LogP contribution in [-0.4, -0.2) is 21.6 Å². The van der Waals surface area contributed by atoms with Crippen molar-refractivity contribution in [1.82, 2.24) is 9.78 Å². The van der Waals surface area contributed by atoms with Crippen LogP contribution in [0, 0.1) is 0 Å². The number of carbonyl (C=O) groups is 2. The van der Waals surface area contributed by atoms with Gasteiger partial charge in [0, 0.05) is 16.8 Å². The largest absolute Gasteiger partial charge is 0.365 e. The molecule has 7 nitrogen and oxygen atoms in total. The molecule has 3 N–H and O–H groups in total. The molecule has 0 unspecified atom stereocenters. The number of rotatable bonds is 5. The van der Waals surface area contributed by atoms with Crippen LogP contribution < -0.4 is 16.6 Å². The van der Waals surface area contributed by atoms with E-state index in [0.717, 1.165) is 36.1 Å². The molecular weight excluding hydrogens is 376 g/mol. The van der Waals surface area contributed by atoms with E-state index in [0.29, 0.717) is 27.9 Å². The predicted octanol–water partition coefficient (Wildman–Crippen LogP) is 2.71. The molecular formula is C20H20N4O3S. The molecule has 3 aromatic rings. The first kappa shape index (κ1) is 18.4. The average Bonchev–Trinajstić information content (AvgIpc) is 3.24. The lowest BCUT2D eigenvalue weighted by Crippen LogP contribution is -2.28. The number of aromatic nitrogens is 2. The topological polar surface area (TPSA) is 107 Å². The third-order valence-corrected chi connectivity index (χ3v) is 6.12. The summed E-state index contributed by atoms with van der Waals surface area (Å²) < 4.78 is 1.32. The van der Waals surface area contributed by atoms with Gasteiger partial charge in [-0.15, -0.1) is 11.3 Å². The molecule has 4 rings (SSSR count). The van der Waals surface area contributed by atoms with Crippen molar-refractivity contribution < 1.29 is 9.59 Å². The maximum atomic E-state index is 13.1. The highest BCUT2D eigenvalue weighted by molar-refractivity contribution is 7.17. The van der Waals surface area contributed by atoms with Crippen LogP contribution in [0.3, 0.4) is 0 Å². The van der Waals surface area contributed by atoms with Gasteiger partial charge in [0.2, 0.25) is 0 Å². The van der Waals surface area contributed by atoms with Crippen molar-refractivity contribution in [3.8, 4) is 0 Å². The van der Waals surface area contributed by atoms with Crippen LogP contribution in [0.15, 0.2) is 29.1 Å². The van der Waals surface area contributed by atoms with Gasteiger partial charge in [-0.1, -0.05) is 25.1 Å². The molecule has 0 saturated heterocycles. The first-order chi connectivity index (χ1) is 13.5. The normalized spacial score (nSPS) is 12.9. The molecule has 0 saturated carbocycles. The fourth-order valence-electron chi connectivity index (χ4n) is 3.68. The third kappa shape index (κ3) is 2.99. The van der Waals surface area contributed by atoms with E-state index in [-0.39, 0.29) is 11.3 Å². The number of hydrogen-bond acceptors (Lipinski definition) is 5. The monoisotopic (exact) mass is 396 g/mol. The van der Waals surface area contributed by atoms with Crippen LogP contribution in [0.5, 0.6) is 0 Å². The summed E-state index contributed by atoms with van der Waals surface area (Å²) in [5, 5.41) is 8.52. The Bertz CT molecular complexity index is 1160. The second-order valence-electron chi connectivity index (χ2n) is 6.80. The van der Waals surface area contributed by atoms with E-state index in [1.807, 2.05) is 6.92 Å². The number of amides is 2. The quantitative estimate of drug-likeness (QED) is 0.691. The lowest BCUT2D eigenvalue weighted by Gasteiger charge is -2.11. The molecule has 0 fully saturated rings. The number of nitrogens with two attached hydrogens (primary N) is 1. The number of carbonyl (C=O) groups excluding carboxylic acids is 2. The van der Waals surface area contributed by atoms with Crippen LogP contribution in [0.1, 0.15) is 51.1 Å². The minimum absolute atomic E-state index is 0.160. The Balaban J connectivity index is 1.79. The standard InChI is InChI=1S/C20H20N4O3S/c1-2-10-24-20(27)12-7-4-3-6-11(12)16(23-24)18(26)22-19-15(17(21)25)13-8-5-9-14(13)28-19/h3-4,6-7H,2,5,8-10H2,1H3,(H2,21,25)(H,22,26). The fraction of sp³-hybridized carbons (Fsp3) is 0.300. The Morgan fingerprint density at radius 1 is 1.25 bits per heavy atom. The van der Waals surface area contributed by atoms with E-state index in [1.165, 1.54) is 16.0 Å². The Kier molecular flexibility index (Phi) is 4.72. The smallest absolute Gasteiger partial charge is 0.277 e. The zero-order valence-corrected chi connectivity index (χ0v) is 16.3. The van der Waals surface area contributed by atoms with Gasteiger partial charge in [0.05, 0.1) is 10.9 Å². The lowest BCUT2D eigenvalue weighted by molar-refractivity contribution is 0.100. The molecule has 8 heteroatoms. The number of aryl methyl sites for hydroxylation is 2. The molecule has 0 aliphatic heterocycles. The Morgan fingerprint density at radius 3 is 2.71 bits per heavy atom. The van der Waals surface area contributed by atoms with Crippen LogP contribution in [0.25, 0.3) is 10.8 Å². The minimum atomic E-state index is -0.538. The van der Waals surface area contributed by atoms with Crippen molar-refractivity contribution in [3.05, 3.63) is 56.3 Å². The number of hydrogen-bond donors (Lipinski definition) is 2. The van der Waals surface area contributed by atoms with Crippen molar-refractivity contribution in [2.75, 3.05) is 5.32 Å². The molecule has 0 atom stereocenters. The summed E-state index contributed by atoms with van der Waals surface area (Å²) in [6, 6.07) is 6.92. The van der Waals surface area contributed by atoms with Crippen LogP contribution in [0.4, 0.5) is 5.00 Å². The van der Waals surface area contributed by atoms with Crippen molar-refractivity contribution in [2.24, 2.45) is 5.73 Å². The maximum Gasteiger partial charge on any atom is 0.277 e. The van der Waals surface area contributed by atoms with Crippen molar-refractivity contribution >= 4 is 38.9 Å². The summed E-state index contributed by atoms with van der Waals surface area (Å²) in [5.74, 6) is -0.994. The van der Waals surface area contributed by atoms with Crippen LogP contribution >= 0.6 is 11.3 Å². The fourth-order valence-corrected chi connectivity index (χ4v) is 4.97. The van der Waals surface area contributed by atoms with E-state index >= 15 is 0 Å². The molecule has 0 spiro atoms. The number of thiophene rings is 1. The zero-order valence-electron chi connectivity index (χ0n) is 15.4. The number of anilines is 1. The van der Waals surface area contributed by atoms with Gasteiger partial charge in [0.1, 0.15) is 5.00 Å². The predicted molar refractivity (Wildman–Crippen MR) is 109 cm³/mol. The lowest BCUT2D eigenvalue weighted by atomic mass is 10.1. The van der Waals surface area contributed by atoms with Gasteiger partial charge in [-0.3, -0.25) is 14.4 Å². The number of nitrogens with one attached hydrogen (secondary N) is 1. The summed E-state index contributed by atoms with van der Waals surface area (Å²) in [6.07, 6.45) is 3.39.